The molecule has 0 spiro atoms. The summed E-state index contributed by atoms with van der Waals surface area (Å²) in [7, 11) is 0. The molecule has 1 atom stereocenters. The summed E-state index contributed by atoms with van der Waals surface area (Å²) in [4.78, 5) is 11.7. The van der Waals surface area contributed by atoms with Crippen molar-refractivity contribution in [1.29, 1.82) is 0 Å². The molecular formula is C7H6O2S. The van der Waals surface area contributed by atoms with E-state index in [1.165, 1.54) is 11.3 Å². The number of carbonyl (C=O) groups is 1. The van der Waals surface area contributed by atoms with Gasteiger partial charge in [-0.15, -0.1) is 11.3 Å². The van der Waals surface area contributed by atoms with E-state index in [1.54, 1.807) is 0 Å². The van der Waals surface area contributed by atoms with E-state index in [2.05, 4.69) is 0 Å². The molecule has 52 valence electrons. The van der Waals surface area contributed by atoms with E-state index in [1.807, 2.05) is 18.4 Å². The summed E-state index contributed by atoms with van der Waals surface area (Å²) < 4.78 is 4.94. The third-order valence-corrected chi connectivity index (χ3v) is 2.51. The van der Waals surface area contributed by atoms with Crippen molar-refractivity contribution in [2.24, 2.45) is 0 Å². The molecule has 3 heteroatoms. The molecular weight excluding hydrogens is 148 g/mol. The van der Waals surface area contributed by atoms with Crippen LogP contribution in [0.15, 0.2) is 11.4 Å². The lowest BCUT2D eigenvalue weighted by atomic mass is 10.2. The minimum absolute atomic E-state index is 0.0336. The molecule has 0 aliphatic carbocycles. The van der Waals surface area contributed by atoms with Gasteiger partial charge >= 0.3 is 5.97 Å². The molecule has 2 heterocycles. The molecule has 0 saturated carbocycles. The zero-order valence-electron chi connectivity index (χ0n) is 5.46. The van der Waals surface area contributed by atoms with Crippen molar-refractivity contribution in [2.75, 3.05) is 0 Å². The highest BCUT2D eigenvalue weighted by Crippen LogP contribution is 2.33. The fourth-order valence-corrected chi connectivity index (χ4v) is 1.95. The Kier molecular flexibility index (Phi) is 1.08. The number of rotatable bonds is 0. The van der Waals surface area contributed by atoms with Crippen molar-refractivity contribution in [3.8, 4) is 0 Å². The fourth-order valence-electron chi connectivity index (χ4n) is 1.08. The van der Waals surface area contributed by atoms with Crippen LogP contribution in [-0.4, -0.2) is 5.97 Å². The Morgan fingerprint density at radius 2 is 2.50 bits per heavy atom. The number of hydrogen-bond acceptors (Lipinski definition) is 3. The first-order chi connectivity index (χ1) is 4.79. The minimum atomic E-state index is -0.169. The van der Waals surface area contributed by atoms with Crippen molar-refractivity contribution in [1.82, 2.24) is 0 Å². The molecule has 0 saturated heterocycles. The Morgan fingerprint density at radius 3 is 3.20 bits per heavy atom. The standard InChI is InChI=1S/C7H6O2S/c1-4-5-2-3-10-6(5)7(8)9-4/h2-4H,1H3. The Hall–Kier alpha value is -0.830. The van der Waals surface area contributed by atoms with E-state index < -0.39 is 0 Å². The number of esters is 1. The van der Waals surface area contributed by atoms with Gasteiger partial charge in [0.05, 0.1) is 0 Å². The Morgan fingerprint density at radius 1 is 1.70 bits per heavy atom. The molecule has 1 aliphatic heterocycles. The average Bonchev–Trinajstić information content (AvgIpc) is 2.39. The van der Waals surface area contributed by atoms with Crippen molar-refractivity contribution < 1.29 is 9.53 Å². The van der Waals surface area contributed by atoms with Crippen LogP contribution < -0.4 is 0 Å². The molecule has 1 aromatic heterocycles. The summed E-state index contributed by atoms with van der Waals surface area (Å²) >= 11 is 1.45. The van der Waals surface area contributed by atoms with Crippen molar-refractivity contribution in [2.45, 2.75) is 13.0 Å². The van der Waals surface area contributed by atoms with E-state index >= 15 is 0 Å². The SMILES string of the molecule is CC1OC(=O)c2sccc21. The Bertz CT molecular complexity index is 277. The monoisotopic (exact) mass is 154 g/mol. The van der Waals surface area contributed by atoms with Crippen molar-refractivity contribution in [3.05, 3.63) is 21.9 Å². The molecule has 10 heavy (non-hydrogen) atoms. The van der Waals surface area contributed by atoms with Crippen LogP contribution >= 0.6 is 11.3 Å². The highest BCUT2D eigenvalue weighted by molar-refractivity contribution is 7.12. The van der Waals surface area contributed by atoms with Gasteiger partial charge in [0, 0.05) is 5.56 Å². The van der Waals surface area contributed by atoms with Gasteiger partial charge in [0.25, 0.3) is 0 Å². The first-order valence-corrected chi connectivity index (χ1v) is 3.95. The Labute approximate surface area is 62.4 Å². The van der Waals surface area contributed by atoms with Crippen LogP contribution in [0.4, 0.5) is 0 Å². The van der Waals surface area contributed by atoms with Crippen LogP contribution in [0.5, 0.6) is 0 Å². The quantitative estimate of drug-likeness (QED) is 0.534. The van der Waals surface area contributed by atoms with Crippen LogP contribution in [0.1, 0.15) is 28.3 Å². The number of thiophene rings is 1. The van der Waals surface area contributed by atoms with Gasteiger partial charge in [-0.1, -0.05) is 0 Å². The summed E-state index contributed by atoms with van der Waals surface area (Å²) in [6.45, 7) is 1.89. The predicted octanol–water partition coefficient (Wildman–Crippen LogP) is 1.98. The van der Waals surface area contributed by atoms with Crippen LogP contribution in [0, 0.1) is 0 Å². The lowest BCUT2D eigenvalue weighted by Gasteiger charge is -1.98. The van der Waals surface area contributed by atoms with Gasteiger partial charge in [-0.3, -0.25) is 0 Å². The summed E-state index contributed by atoms with van der Waals surface area (Å²) in [6.07, 6.45) is -0.0336. The summed E-state index contributed by atoms with van der Waals surface area (Å²) in [5, 5.41) is 1.92. The Balaban J connectivity index is 2.58. The number of hydrogen-bond donors (Lipinski definition) is 0. The van der Waals surface area contributed by atoms with Gasteiger partial charge in [0.15, 0.2) is 0 Å². The molecule has 1 aromatic rings. The van der Waals surface area contributed by atoms with Crippen LogP contribution in [0.3, 0.4) is 0 Å². The fraction of sp³-hybridized carbons (Fsp3) is 0.286. The number of ether oxygens (including phenoxy) is 1. The van der Waals surface area contributed by atoms with E-state index in [9.17, 15) is 4.79 Å². The van der Waals surface area contributed by atoms with E-state index in [0.717, 1.165) is 10.4 Å². The predicted molar refractivity (Wildman–Crippen MR) is 38.1 cm³/mol. The smallest absolute Gasteiger partial charge is 0.349 e. The number of cyclic esters (lactones) is 1. The summed E-state index contributed by atoms with van der Waals surface area (Å²) in [6, 6.07) is 1.94. The first kappa shape index (κ1) is 5.92. The minimum Gasteiger partial charge on any atom is -0.454 e. The molecule has 1 aliphatic rings. The molecule has 0 bridgehead atoms. The average molecular weight is 154 g/mol. The summed E-state index contributed by atoms with van der Waals surface area (Å²) in [5.41, 5.74) is 1.04. The van der Waals surface area contributed by atoms with Gasteiger partial charge < -0.3 is 4.74 Å². The van der Waals surface area contributed by atoms with Crippen LogP contribution in [0.25, 0.3) is 0 Å². The molecule has 2 rings (SSSR count). The van der Waals surface area contributed by atoms with Gasteiger partial charge in [-0.25, -0.2) is 4.79 Å². The van der Waals surface area contributed by atoms with Crippen LogP contribution in [0.2, 0.25) is 0 Å². The molecule has 0 amide bonds. The lowest BCUT2D eigenvalue weighted by molar-refractivity contribution is 0.0424. The molecule has 0 N–H and O–H groups in total. The van der Waals surface area contributed by atoms with Gasteiger partial charge in [-0.05, 0) is 18.4 Å². The highest BCUT2D eigenvalue weighted by atomic mass is 32.1. The largest absolute Gasteiger partial charge is 0.454 e. The molecule has 1 unspecified atom stereocenters. The molecule has 0 radical (unpaired) electrons. The molecule has 0 fully saturated rings. The maximum Gasteiger partial charge on any atom is 0.349 e. The maximum absolute atomic E-state index is 10.9. The van der Waals surface area contributed by atoms with E-state index in [4.69, 9.17) is 4.74 Å². The topological polar surface area (TPSA) is 26.3 Å². The second-order valence-corrected chi connectivity index (χ2v) is 3.17. The highest BCUT2D eigenvalue weighted by Gasteiger charge is 2.28. The molecule has 2 nitrogen and oxygen atoms in total. The second kappa shape index (κ2) is 1.83. The zero-order chi connectivity index (χ0) is 7.14. The van der Waals surface area contributed by atoms with Gasteiger partial charge in [0.2, 0.25) is 0 Å². The normalized spacial score (nSPS) is 22.5. The molecule has 0 aromatic carbocycles. The third-order valence-electron chi connectivity index (χ3n) is 1.60. The number of carbonyl (C=O) groups excluding carboxylic acids is 1. The van der Waals surface area contributed by atoms with Gasteiger partial charge in [0.1, 0.15) is 11.0 Å². The maximum atomic E-state index is 10.9. The first-order valence-electron chi connectivity index (χ1n) is 3.07. The van der Waals surface area contributed by atoms with E-state index in [-0.39, 0.29) is 12.1 Å². The van der Waals surface area contributed by atoms with Crippen molar-refractivity contribution >= 4 is 17.3 Å². The van der Waals surface area contributed by atoms with Gasteiger partial charge in [-0.2, -0.15) is 0 Å². The number of fused-ring (bicyclic) bond motifs is 1. The summed E-state index contributed by atoms with van der Waals surface area (Å²) in [5.74, 6) is -0.169. The second-order valence-electron chi connectivity index (χ2n) is 2.25. The van der Waals surface area contributed by atoms with E-state index in [0.29, 0.717) is 0 Å². The third kappa shape index (κ3) is 0.609. The van der Waals surface area contributed by atoms with Crippen molar-refractivity contribution in [3.63, 3.8) is 0 Å². The zero-order valence-corrected chi connectivity index (χ0v) is 6.27. The lowest BCUT2D eigenvalue weighted by Crippen LogP contribution is -1.93. The van der Waals surface area contributed by atoms with Crippen LogP contribution in [-0.2, 0) is 4.74 Å².